The minimum absolute atomic E-state index is 0.835. The third-order valence-electron chi connectivity index (χ3n) is 4.81. The molecule has 3 N–H and O–H groups in total. The van der Waals surface area contributed by atoms with Crippen molar-refractivity contribution in [2.24, 2.45) is 5.10 Å². The number of nitrogens with zero attached hydrogens (tertiary/aromatic N) is 3. The number of allylic oxidation sites excluding steroid dienone is 3. The van der Waals surface area contributed by atoms with Gasteiger partial charge >= 0.3 is 0 Å². The van der Waals surface area contributed by atoms with Crippen molar-refractivity contribution >= 4 is 28.5 Å². The number of nitrogens with two attached hydrogens (primary N) is 1. The molecule has 0 amide bonds. The molecule has 0 aliphatic rings. The van der Waals surface area contributed by atoms with Gasteiger partial charge in [0.1, 0.15) is 0 Å². The molecule has 0 fully saturated rings. The van der Waals surface area contributed by atoms with Gasteiger partial charge in [0.15, 0.2) is 0 Å². The zero-order valence-electron chi connectivity index (χ0n) is 19.0. The molecule has 0 aromatic heterocycles. The van der Waals surface area contributed by atoms with E-state index in [9.17, 15) is 0 Å². The molecule has 30 heavy (non-hydrogen) atoms. The van der Waals surface area contributed by atoms with E-state index in [4.69, 9.17) is 0 Å². The molecule has 0 aliphatic carbocycles. The molecule has 0 atom stereocenters. The summed E-state index contributed by atoms with van der Waals surface area (Å²) in [4.78, 5) is 2.34. The third-order valence-corrected chi connectivity index (χ3v) is 4.81. The molecule has 5 nitrogen and oxygen atoms in total. The lowest BCUT2D eigenvalue weighted by Crippen LogP contribution is -2.72. The second-order valence-corrected chi connectivity index (χ2v) is 7.10. The molecule has 5 heteroatoms. The van der Waals surface area contributed by atoms with Gasteiger partial charge in [0, 0.05) is 49.3 Å². The third kappa shape index (κ3) is 7.41. The summed E-state index contributed by atoms with van der Waals surface area (Å²) in [7, 11) is 3.99. The Kier molecular flexibility index (Phi) is 9.68. The van der Waals surface area contributed by atoms with Crippen LogP contribution in [0.3, 0.4) is 0 Å². The first-order valence-electron chi connectivity index (χ1n) is 10.7. The fourth-order valence-electron chi connectivity index (χ4n) is 3.12. The maximum Gasteiger partial charge on any atom is 0.0923 e. The fourth-order valence-corrected chi connectivity index (χ4v) is 3.12. The molecular weight excluding hydrogens is 370 g/mol. The Morgan fingerprint density at radius 1 is 0.933 bits per heavy atom. The topological polar surface area (TPSA) is 47.5 Å². The minimum atomic E-state index is 0.835. The first-order chi connectivity index (χ1) is 14.6. The Bertz CT molecular complexity index is 831. The molecule has 0 saturated carbocycles. The highest BCUT2D eigenvalue weighted by molar-refractivity contribution is 5.84. The zero-order valence-corrected chi connectivity index (χ0v) is 19.0. The Morgan fingerprint density at radius 2 is 1.50 bits per heavy atom. The van der Waals surface area contributed by atoms with E-state index in [1.54, 1.807) is 0 Å². The SMILES string of the molecule is CCN(CC)c1ccc(Nc2ccc(N(C)/N=C(\C)C/C=C\C=C/[NH2+]C)cc2)cc1. The van der Waals surface area contributed by atoms with Gasteiger partial charge in [-0.3, -0.25) is 5.01 Å². The van der Waals surface area contributed by atoms with Crippen molar-refractivity contribution in [2.75, 3.05) is 42.4 Å². The van der Waals surface area contributed by atoms with Gasteiger partial charge in [-0.15, -0.1) is 0 Å². The molecule has 0 spiro atoms. The summed E-state index contributed by atoms with van der Waals surface area (Å²) < 4.78 is 0. The monoisotopic (exact) mass is 406 g/mol. The van der Waals surface area contributed by atoms with Gasteiger partial charge in [-0.2, -0.15) is 5.10 Å². The van der Waals surface area contributed by atoms with Crippen LogP contribution in [-0.4, -0.2) is 32.9 Å². The average molecular weight is 407 g/mol. The standard InChI is InChI=1S/C25H35N5/c1-6-30(7-2)25-18-14-23(15-19-25)27-22-12-16-24(17-13-22)29(5)28-21(3)11-9-8-10-20-26-4/h8-10,12-20,26-27H,6-7,11H2,1-5H3/p+1/b9-8-,20-10-,28-21+. The van der Waals surface area contributed by atoms with Gasteiger partial charge in [-0.1, -0.05) is 12.2 Å². The highest BCUT2D eigenvalue weighted by Crippen LogP contribution is 2.23. The quantitative estimate of drug-likeness (QED) is 0.322. The molecule has 0 unspecified atom stereocenters. The van der Waals surface area contributed by atoms with Crippen molar-refractivity contribution in [1.82, 2.24) is 0 Å². The summed E-state index contributed by atoms with van der Waals surface area (Å²) in [5, 5.41) is 12.1. The summed E-state index contributed by atoms with van der Waals surface area (Å²) in [6.45, 7) is 8.45. The summed E-state index contributed by atoms with van der Waals surface area (Å²) in [5.74, 6) is 0. The molecule has 160 valence electrons. The molecule has 0 heterocycles. The number of quaternary nitrogens is 1. The zero-order chi connectivity index (χ0) is 21.8. The van der Waals surface area contributed by atoms with E-state index in [2.05, 4.69) is 83.8 Å². The van der Waals surface area contributed by atoms with Crippen LogP contribution < -0.4 is 20.5 Å². The predicted molar refractivity (Wildman–Crippen MR) is 132 cm³/mol. The van der Waals surface area contributed by atoms with E-state index in [0.29, 0.717) is 0 Å². The molecule has 0 aliphatic heterocycles. The van der Waals surface area contributed by atoms with Crippen LogP contribution in [0.15, 0.2) is 78.1 Å². The van der Waals surface area contributed by atoms with Crippen LogP contribution >= 0.6 is 0 Å². The van der Waals surface area contributed by atoms with Crippen molar-refractivity contribution in [3.05, 3.63) is 73.0 Å². The Balaban J connectivity index is 1.94. The number of benzene rings is 2. The van der Waals surface area contributed by atoms with Crippen molar-refractivity contribution in [2.45, 2.75) is 27.2 Å². The molecule has 2 aromatic carbocycles. The Hall–Kier alpha value is -3.05. The average Bonchev–Trinajstić information content (AvgIpc) is 2.76. The molecule has 2 aromatic rings. The normalized spacial score (nSPS) is 12.0. The Morgan fingerprint density at radius 3 is 2.03 bits per heavy atom. The van der Waals surface area contributed by atoms with Gasteiger partial charge < -0.3 is 15.5 Å². The lowest BCUT2D eigenvalue weighted by atomic mass is 10.2. The van der Waals surface area contributed by atoms with Crippen LogP contribution in [0.5, 0.6) is 0 Å². The molecule has 0 radical (unpaired) electrons. The van der Waals surface area contributed by atoms with Gasteiger partial charge in [0.2, 0.25) is 0 Å². The molecule has 2 rings (SSSR count). The van der Waals surface area contributed by atoms with Gasteiger partial charge in [0.05, 0.1) is 18.9 Å². The van der Waals surface area contributed by atoms with Gasteiger partial charge in [-0.25, -0.2) is 0 Å². The lowest BCUT2D eigenvalue weighted by Gasteiger charge is -2.21. The summed E-state index contributed by atoms with van der Waals surface area (Å²) in [6.07, 6.45) is 9.05. The number of hydrogen-bond acceptors (Lipinski definition) is 4. The second kappa shape index (κ2) is 12.5. The van der Waals surface area contributed by atoms with E-state index in [1.165, 1.54) is 5.69 Å². The van der Waals surface area contributed by atoms with Crippen LogP contribution in [-0.2, 0) is 0 Å². The van der Waals surface area contributed by atoms with E-state index < -0.39 is 0 Å². The summed E-state index contributed by atoms with van der Waals surface area (Å²) >= 11 is 0. The van der Waals surface area contributed by atoms with Crippen LogP contribution in [0.1, 0.15) is 27.2 Å². The molecule has 0 bridgehead atoms. The van der Waals surface area contributed by atoms with Crippen molar-refractivity contribution in [3.8, 4) is 0 Å². The van der Waals surface area contributed by atoms with Gasteiger partial charge in [-0.05, 0) is 75.4 Å². The lowest BCUT2D eigenvalue weighted by molar-refractivity contribution is -0.556. The second-order valence-electron chi connectivity index (χ2n) is 7.10. The molecule has 0 saturated heterocycles. The first kappa shape index (κ1) is 23.2. The van der Waals surface area contributed by atoms with Crippen molar-refractivity contribution < 1.29 is 5.32 Å². The van der Waals surface area contributed by atoms with Crippen LogP contribution in [0.4, 0.5) is 22.7 Å². The maximum atomic E-state index is 4.66. The number of anilines is 4. The largest absolute Gasteiger partial charge is 0.372 e. The molecular formula is C25H36N5+. The van der Waals surface area contributed by atoms with Crippen LogP contribution in [0, 0.1) is 0 Å². The van der Waals surface area contributed by atoms with Crippen molar-refractivity contribution in [3.63, 3.8) is 0 Å². The van der Waals surface area contributed by atoms with E-state index >= 15 is 0 Å². The predicted octanol–water partition coefficient (Wildman–Crippen LogP) is 4.74. The first-order valence-corrected chi connectivity index (χ1v) is 10.7. The Labute approximate surface area is 181 Å². The maximum absolute atomic E-state index is 4.66. The minimum Gasteiger partial charge on any atom is -0.372 e. The van der Waals surface area contributed by atoms with Gasteiger partial charge in [0.25, 0.3) is 0 Å². The number of hydrogen-bond donors (Lipinski definition) is 2. The summed E-state index contributed by atoms with van der Waals surface area (Å²) in [6, 6.07) is 16.9. The van der Waals surface area contributed by atoms with Crippen LogP contribution in [0.25, 0.3) is 0 Å². The number of nitrogens with one attached hydrogen (secondary N) is 1. The van der Waals surface area contributed by atoms with Crippen LogP contribution in [0.2, 0.25) is 0 Å². The highest BCUT2D eigenvalue weighted by Gasteiger charge is 2.03. The fraction of sp³-hybridized carbons (Fsp3) is 0.320. The number of hydrazone groups is 1. The highest BCUT2D eigenvalue weighted by atomic mass is 15.4. The summed E-state index contributed by atoms with van der Waals surface area (Å²) in [5.41, 5.74) is 5.53. The van der Waals surface area contributed by atoms with Crippen molar-refractivity contribution in [1.29, 1.82) is 0 Å². The number of rotatable bonds is 11. The van der Waals surface area contributed by atoms with E-state index in [0.717, 1.165) is 42.3 Å². The van der Waals surface area contributed by atoms with E-state index in [-0.39, 0.29) is 0 Å². The van der Waals surface area contributed by atoms with E-state index in [1.807, 2.05) is 49.7 Å². The smallest absolute Gasteiger partial charge is 0.0923 e.